The molecule has 1 amide bonds. The van der Waals surface area contributed by atoms with Crippen molar-refractivity contribution in [1.82, 2.24) is 0 Å². The van der Waals surface area contributed by atoms with Crippen LogP contribution in [0.4, 0.5) is 5.69 Å². The predicted octanol–water partition coefficient (Wildman–Crippen LogP) is 1.79. The Bertz CT molecular complexity index is 425. The molecular weight excluding hydrogens is 244 g/mol. The summed E-state index contributed by atoms with van der Waals surface area (Å²) < 4.78 is 4.88. The third-order valence-corrected chi connectivity index (χ3v) is 2.81. The molecule has 0 fully saturated rings. The molecule has 0 saturated carbocycles. The first-order chi connectivity index (χ1) is 9.12. The van der Waals surface area contributed by atoms with Gasteiger partial charge in [0.15, 0.2) is 0 Å². The highest BCUT2D eigenvalue weighted by atomic mass is 16.5. The maximum absolute atomic E-state index is 11.8. The lowest BCUT2D eigenvalue weighted by Crippen LogP contribution is -2.28. The van der Waals surface area contributed by atoms with Crippen LogP contribution in [0.5, 0.6) is 0 Å². The zero-order chi connectivity index (χ0) is 14.3. The van der Waals surface area contributed by atoms with E-state index in [0.717, 1.165) is 0 Å². The van der Waals surface area contributed by atoms with E-state index in [2.05, 4.69) is 5.32 Å². The molecule has 1 aromatic carbocycles. The van der Waals surface area contributed by atoms with Crippen molar-refractivity contribution in [3.63, 3.8) is 0 Å². The monoisotopic (exact) mass is 264 g/mol. The van der Waals surface area contributed by atoms with Crippen LogP contribution < -0.4 is 11.1 Å². The lowest BCUT2D eigenvalue weighted by molar-refractivity contribution is -0.119. The minimum Gasteiger partial charge on any atom is -0.462 e. The smallest absolute Gasteiger partial charge is 0.338 e. The Morgan fingerprint density at radius 3 is 2.37 bits per heavy atom. The van der Waals surface area contributed by atoms with Gasteiger partial charge in [-0.05, 0) is 37.6 Å². The first-order valence-electron chi connectivity index (χ1n) is 6.40. The zero-order valence-corrected chi connectivity index (χ0v) is 11.3. The molecule has 3 N–H and O–H groups in total. The molecule has 1 atom stereocenters. The topological polar surface area (TPSA) is 81.4 Å². The summed E-state index contributed by atoms with van der Waals surface area (Å²) in [5.74, 6) is -0.660. The van der Waals surface area contributed by atoms with Crippen molar-refractivity contribution < 1.29 is 14.3 Å². The van der Waals surface area contributed by atoms with Crippen LogP contribution in [0, 0.1) is 5.92 Å². The summed E-state index contributed by atoms with van der Waals surface area (Å²) in [4.78, 5) is 23.3. The second-order valence-electron chi connectivity index (χ2n) is 4.13. The first kappa shape index (κ1) is 15.2. The largest absolute Gasteiger partial charge is 0.462 e. The van der Waals surface area contributed by atoms with Gasteiger partial charge in [-0.15, -0.1) is 0 Å². The van der Waals surface area contributed by atoms with Gasteiger partial charge in [-0.1, -0.05) is 6.92 Å². The number of benzene rings is 1. The van der Waals surface area contributed by atoms with Gasteiger partial charge in [0.2, 0.25) is 5.91 Å². The van der Waals surface area contributed by atoms with E-state index in [4.69, 9.17) is 10.5 Å². The molecule has 0 heterocycles. The summed E-state index contributed by atoms with van der Waals surface area (Å²) >= 11 is 0. The zero-order valence-electron chi connectivity index (χ0n) is 11.3. The van der Waals surface area contributed by atoms with Crippen LogP contribution in [-0.4, -0.2) is 25.0 Å². The van der Waals surface area contributed by atoms with Gasteiger partial charge in [-0.2, -0.15) is 0 Å². The molecule has 1 rings (SSSR count). The molecule has 1 aromatic rings. The third-order valence-electron chi connectivity index (χ3n) is 2.81. The van der Waals surface area contributed by atoms with Crippen LogP contribution in [0.3, 0.4) is 0 Å². The Morgan fingerprint density at radius 1 is 1.26 bits per heavy atom. The maximum Gasteiger partial charge on any atom is 0.338 e. The Hall–Kier alpha value is -1.88. The molecule has 0 bridgehead atoms. The van der Waals surface area contributed by atoms with Crippen LogP contribution >= 0.6 is 0 Å². The number of nitrogens with two attached hydrogens (primary N) is 1. The highest BCUT2D eigenvalue weighted by molar-refractivity contribution is 5.94. The van der Waals surface area contributed by atoms with E-state index in [-0.39, 0.29) is 17.8 Å². The van der Waals surface area contributed by atoms with Crippen molar-refractivity contribution in [3.05, 3.63) is 29.8 Å². The second kappa shape index (κ2) is 7.53. The van der Waals surface area contributed by atoms with Crippen molar-refractivity contribution in [2.75, 3.05) is 18.5 Å². The van der Waals surface area contributed by atoms with Crippen LogP contribution in [0.1, 0.15) is 30.6 Å². The van der Waals surface area contributed by atoms with Crippen molar-refractivity contribution in [3.8, 4) is 0 Å². The number of hydrogen-bond donors (Lipinski definition) is 2. The molecule has 0 aromatic heterocycles. The normalized spacial score (nSPS) is 11.7. The quantitative estimate of drug-likeness (QED) is 0.767. The number of nitrogens with one attached hydrogen (secondary N) is 1. The number of ether oxygens (including phenoxy) is 1. The summed E-state index contributed by atoms with van der Waals surface area (Å²) in [5, 5.41) is 2.77. The van der Waals surface area contributed by atoms with Gasteiger partial charge in [-0.25, -0.2) is 4.79 Å². The van der Waals surface area contributed by atoms with E-state index in [0.29, 0.717) is 30.8 Å². The number of rotatable bonds is 6. The van der Waals surface area contributed by atoms with E-state index < -0.39 is 0 Å². The number of carbonyl (C=O) groups excluding carboxylic acids is 2. The van der Waals surface area contributed by atoms with Crippen LogP contribution in [0.25, 0.3) is 0 Å². The number of carbonyl (C=O) groups is 2. The third kappa shape index (κ3) is 4.37. The Morgan fingerprint density at radius 2 is 1.89 bits per heavy atom. The first-order valence-corrected chi connectivity index (χ1v) is 6.40. The molecule has 19 heavy (non-hydrogen) atoms. The molecule has 0 saturated heterocycles. The second-order valence-corrected chi connectivity index (χ2v) is 4.13. The average Bonchev–Trinajstić information content (AvgIpc) is 2.41. The van der Waals surface area contributed by atoms with Crippen molar-refractivity contribution in [2.45, 2.75) is 20.3 Å². The highest BCUT2D eigenvalue weighted by Gasteiger charge is 2.14. The lowest BCUT2D eigenvalue weighted by Gasteiger charge is -2.12. The van der Waals surface area contributed by atoms with E-state index in [1.165, 1.54) is 0 Å². The van der Waals surface area contributed by atoms with E-state index in [9.17, 15) is 9.59 Å². The summed E-state index contributed by atoms with van der Waals surface area (Å²) in [5.41, 5.74) is 6.62. The average molecular weight is 264 g/mol. The van der Waals surface area contributed by atoms with Crippen LogP contribution in [-0.2, 0) is 9.53 Å². The molecule has 5 heteroatoms. The number of esters is 1. The predicted molar refractivity (Wildman–Crippen MR) is 73.9 cm³/mol. The highest BCUT2D eigenvalue weighted by Crippen LogP contribution is 2.12. The Kier molecular flexibility index (Phi) is 6.02. The summed E-state index contributed by atoms with van der Waals surface area (Å²) in [7, 11) is 0. The van der Waals surface area contributed by atoms with E-state index in [1.807, 2.05) is 6.92 Å². The fraction of sp³-hybridized carbons (Fsp3) is 0.429. The van der Waals surface area contributed by atoms with Crippen molar-refractivity contribution in [1.29, 1.82) is 0 Å². The van der Waals surface area contributed by atoms with Crippen LogP contribution in [0.2, 0.25) is 0 Å². The summed E-state index contributed by atoms with van der Waals surface area (Å²) in [6.45, 7) is 4.33. The molecule has 0 radical (unpaired) electrons. The van der Waals surface area contributed by atoms with Gasteiger partial charge in [0.05, 0.1) is 18.1 Å². The van der Waals surface area contributed by atoms with Crippen LogP contribution in [0.15, 0.2) is 24.3 Å². The molecule has 0 aliphatic carbocycles. The van der Waals surface area contributed by atoms with Gasteiger partial charge in [0, 0.05) is 12.2 Å². The Labute approximate surface area is 113 Å². The van der Waals surface area contributed by atoms with Gasteiger partial charge in [0.25, 0.3) is 0 Å². The summed E-state index contributed by atoms with van der Waals surface area (Å²) in [6, 6.07) is 6.59. The van der Waals surface area contributed by atoms with Gasteiger partial charge in [0.1, 0.15) is 0 Å². The van der Waals surface area contributed by atoms with Gasteiger partial charge >= 0.3 is 5.97 Å². The maximum atomic E-state index is 11.8. The number of hydrogen-bond acceptors (Lipinski definition) is 4. The molecular formula is C14H20N2O3. The molecule has 0 aliphatic rings. The standard InChI is InChI=1S/C14H20N2O3/c1-3-10(9-15)13(17)16-12-7-5-11(6-8-12)14(18)19-4-2/h5-8,10H,3-4,9,15H2,1-2H3,(H,16,17). The van der Waals surface area contributed by atoms with Gasteiger partial charge < -0.3 is 15.8 Å². The SMILES string of the molecule is CCOC(=O)c1ccc(NC(=O)C(CC)CN)cc1. The molecule has 1 unspecified atom stereocenters. The molecule has 104 valence electrons. The van der Waals surface area contributed by atoms with Crippen molar-refractivity contribution in [2.24, 2.45) is 11.7 Å². The summed E-state index contributed by atoms with van der Waals surface area (Å²) in [6.07, 6.45) is 0.698. The minimum absolute atomic E-state index is 0.103. The molecule has 0 aliphatic heterocycles. The minimum atomic E-state index is -0.367. The van der Waals surface area contributed by atoms with Crippen molar-refractivity contribution >= 4 is 17.6 Å². The fourth-order valence-corrected chi connectivity index (χ4v) is 1.61. The van der Waals surface area contributed by atoms with Gasteiger partial charge in [-0.3, -0.25) is 4.79 Å². The van der Waals surface area contributed by atoms with E-state index in [1.54, 1.807) is 31.2 Å². The fourth-order valence-electron chi connectivity index (χ4n) is 1.61. The lowest BCUT2D eigenvalue weighted by atomic mass is 10.1. The Balaban J connectivity index is 2.66. The number of amides is 1. The molecule has 0 spiro atoms. The van der Waals surface area contributed by atoms with E-state index >= 15 is 0 Å². The number of anilines is 1. The molecule has 5 nitrogen and oxygen atoms in total.